The molecule has 1 aromatic heterocycles. The molecule has 0 saturated heterocycles. The van der Waals surface area contributed by atoms with Crippen LogP contribution in [0.4, 0.5) is 5.95 Å². The SMILES string of the molecule is CCN(CC)C(=O)C1=C(C)Nc2nnnn2[C@@H]1c1ccc(C(=O)OC)cc1. The summed E-state index contributed by atoms with van der Waals surface area (Å²) in [6.07, 6.45) is 0. The van der Waals surface area contributed by atoms with Crippen LogP contribution in [0.5, 0.6) is 0 Å². The van der Waals surface area contributed by atoms with Crippen LogP contribution in [0, 0.1) is 0 Å². The minimum Gasteiger partial charge on any atom is -0.465 e. The molecule has 0 fully saturated rings. The first-order chi connectivity index (χ1) is 13.0. The van der Waals surface area contributed by atoms with Crippen molar-refractivity contribution in [3.63, 3.8) is 0 Å². The molecule has 9 heteroatoms. The van der Waals surface area contributed by atoms with Crippen molar-refractivity contribution in [3.8, 4) is 0 Å². The van der Waals surface area contributed by atoms with Crippen LogP contribution >= 0.6 is 0 Å². The highest BCUT2D eigenvalue weighted by Crippen LogP contribution is 2.35. The fourth-order valence-electron chi connectivity index (χ4n) is 3.20. The van der Waals surface area contributed by atoms with Crippen LogP contribution in [0.15, 0.2) is 35.5 Å². The number of benzene rings is 1. The fourth-order valence-corrected chi connectivity index (χ4v) is 3.20. The van der Waals surface area contributed by atoms with Gasteiger partial charge in [-0.15, -0.1) is 0 Å². The summed E-state index contributed by atoms with van der Waals surface area (Å²) in [7, 11) is 1.34. The largest absolute Gasteiger partial charge is 0.465 e. The van der Waals surface area contributed by atoms with E-state index in [4.69, 9.17) is 4.74 Å². The molecule has 1 aliphatic heterocycles. The fraction of sp³-hybridized carbons (Fsp3) is 0.389. The van der Waals surface area contributed by atoms with Crippen LogP contribution in [0.3, 0.4) is 0 Å². The van der Waals surface area contributed by atoms with Gasteiger partial charge in [0.15, 0.2) is 0 Å². The van der Waals surface area contributed by atoms with Crippen molar-refractivity contribution in [2.75, 3.05) is 25.5 Å². The van der Waals surface area contributed by atoms with E-state index in [0.29, 0.717) is 35.9 Å². The van der Waals surface area contributed by atoms with Gasteiger partial charge in [0.05, 0.1) is 18.2 Å². The van der Waals surface area contributed by atoms with E-state index < -0.39 is 12.0 Å². The molecule has 1 amide bonds. The summed E-state index contributed by atoms with van der Waals surface area (Å²) in [4.78, 5) is 26.6. The van der Waals surface area contributed by atoms with Crippen LogP contribution in [0.25, 0.3) is 0 Å². The zero-order chi connectivity index (χ0) is 19.6. The molecule has 0 bridgehead atoms. The van der Waals surface area contributed by atoms with Crippen LogP contribution in [-0.2, 0) is 9.53 Å². The van der Waals surface area contributed by atoms with Crippen molar-refractivity contribution in [3.05, 3.63) is 46.7 Å². The lowest BCUT2D eigenvalue weighted by Crippen LogP contribution is -2.38. The van der Waals surface area contributed by atoms with Gasteiger partial charge in [-0.3, -0.25) is 4.79 Å². The maximum atomic E-state index is 13.2. The lowest BCUT2D eigenvalue weighted by molar-refractivity contribution is -0.127. The number of nitrogens with zero attached hydrogens (tertiary/aromatic N) is 5. The van der Waals surface area contributed by atoms with E-state index in [0.717, 1.165) is 5.56 Å². The number of tetrazole rings is 1. The van der Waals surface area contributed by atoms with Gasteiger partial charge < -0.3 is 15.0 Å². The molecular formula is C18H22N6O3. The first-order valence-electron chi connectivity index (χ1n) is 8.75. The third kappa shape index (κ3) is 3.27. The molecule has 0 saturated carbocycles. The minimum atomic E-state index is -0.490. The highest BCUT2D eigenvalue weighted by atomic mass is 16.5. The van der Waals surface area contributed by atoms with Crippen LogP contribution in [-0.4, -0.2) is 57.2 Å². The Balaban J connectivity index is 2.08. The molecule has 0 unspecified atom stereocenters. The number of nitrogens with one attached hydrogen (secondary N) is 1. The average molecular weight is 370 g/mol. The highest BCUT2D eigenvalue weighted by Gasteiger charge is 2.35. The van der Waals surface area contributed by atoms with E-state index in [1.807, 2.05) is 20.8 Å². The Hall–Kier alpha value is -3.23. The summed E-state index contributed by atoms with van der Waals surface area (Å²) in [6, 6.07) is 6.42. The van der Waals surface area contributed by atoms with E-state index in [2.05, 4.69) is 20.8 Å². The van der Waals surface area contributed by atoms with Crippen LogP contribution in [0.1, 0.15) is 42.7 Å². The van der Waals surface area contributed by atoms with E-state index in [-0.39, 0.29) is 5.91 Å². The lowest BCUT2D eigenvalue weighted by Gasteiger charge is -2.31. The molecule has 1 atom stereocenters. The average Bonchev–Trinajstić information content (AvgIpc) is 3.15. The van der Waals surface area contributed by atoms with Gasteiger partial charge >= 0.3 is 5.97 Å². The molecule has 2 aromatic rings. The summed E-state index contributed by atoms with van der Waals surface area (Å²) in [6.45, 7) is 6.92. The summed E-state index contributed by atoms with van der Waals surface area (Å²) >= 11 is 0. The Morgan fingerprint density at radius 2 is 1.89 bits per heavy atom. The van der Waals surface area contributed by atoms with Gasteiger partial charge in [-0.2, -0.15) is 4.68 Å². The maximum Gasteiger partial charge on any atom is 0.337 e. The first kappa shape index (κ1) is 18.6. The molecule has 1 aliphatic rings. The number of likely N-dealkylation sites (N-methyl/N-ethyl adjacent to an activating group) is 1. The zero-order valence-corrected chi connectivity index (χ0v) is 15.8. The number of carbonyl (C=O) groups excluding carboxylic acids is 2. The predicted molar refractivity (Wildman–Crippen MR) is 98.0 cm³/mol. The number of allylic oxidation sites excluding steroid dienone is 1. The first-order valence-corrected chi connectivity index (χ1v) is 8.75. The molecule has 1 N–H and O–H groups in total. The summed E-state index contributed by atoms with van der Waals surface area (Å²) in [5.74, 6) is -0.0278. The molecule has 2 heterocycles. The number of methoxy groups -OCH3 is 1. The number of aromatic nitrogens is 4. The zero-order valence-electron chi connectivity index (χ0n) is 15.8. The Morgan fingerprint density at radius 1 is 1.22 bits per heavy atom. The normalized spacial score (nSPS) is 15.8. The van der Waals surface area contributed by atoms with Gasteiger partial charge in [0.1, 0.15) is 6.04 Å². The van der Waals surface area contributed by atoms with Crippen molar-refractivity contribution in [2.45, 2.75) is 26.8 Å². The van der Waals surface area contributed by atoms with Gasteiger partial charge in [-0.1, -0.05) is 17.2 Å². The number of esters is 1. The Labute approximate surface area is 157 Å². The Bertz CT molecular complexity index is 883. The molecule has 0 spiro atoms. The smallest absolute Gasteiger partial charge is 0.337 e. The summed E-state index contributed by atoms with van der Waals surface area (Å²) in [5.41, 5.74) is 2.51. The monoisotopic (exact) mass is 370 g/mol. The van der Waals surface area contributed by atoms with E-state index in [9.17, 15) is 9.59 Å². The molecule has 1 aromatic carbocycles. The molecule has 3 rings (SSSR count). The molecular weight excluding hydrogens is 348 g/mol. The van der Waals surface area contributed by atoms with Crippen molar-refractivity contribution < 1.29 is 14.3 Å². The topological polar surface area (TPSA) is 102 Å². The third-order valence-corrected chi connectivity index (χ3v) is 4.64. The number of hydrogen-bond donors (Lipinski definition) is 1. The van der Waals surface area contributed by atoms with Crippen molar-refractivity contribution in [1.29, 1.82) is 0 Å². The standard InChI is InChI=1S/C18H22N6O3/c1-5-23(6-2)16(25)14-11(3)19-18-20-21-22-24(18)15(14)12-7-9-13(10-8-12)17(26)27-4/h7-10,15H,5-6H2,1-4H3,(H,19,20,22)/t15-/m1/s1. The predicted octanol–water partition coefficient (Wildman–Crippen LogP) is 1.62. The van der Waals surface area contributed by atoms with Gasteiger partial charge in [0.2, 0.25) is 5.95 Å². The Morgan fingerprint density at radius 3 is 2.48 bits per heavy atom. The van der Waals surface area contributed by atoms with Gasteiger partial charge in [0, 0.05) is 18.8 Å². The summed E-state index contributed by atoms with van der Waals surface area (Å²) < 4.78 is 6.33. The maximum absolute atomic E-state index is 13.2. The second-order valence-corrected chi connectivity index (χ2v) is 6.10. The number of carbonyl (C=O) groups is 2. The number of amides is 1. The van der Waals surface area contributed by atoms with Crippen LogP contribution in [0.2, 0.25) is 0 Å². The van der Waals surface area contributed by atoms with Gasteiger partial charge in [-0.25, -0.2) is 4.79 Å². The molecule has 0 radical (unpaired) electrons. The van der Waals surface area contributed by atoms with E-state index in [1.54, 1.807) is 33.8 Å². The second-order valence-electron chi connectivity index (χ2n) is 6.10. The molecule has 142 valence electrons. The van der Waals surface area contributed by atoms with E-state index in [1.165, 1.54) is 7.11 Å². The third-order valence-electron chi connectivity index (χ3n) is 4.64. The number of fused-ring (bicyclic) bond motifs is 1. The quantitative estimate of drug-likeness (QED) is 0.798. The van der Waals surface area contributed by atoms with Crippen LogP contribution < -0.4 is 5.32 Å². The van der Waals surface area contributed by atoms with Crippen molar-refractivity contribution >= 4 is 17.8 Å². The minimum absolute atomic E-state index is 0.0757. The number of anilines is 1. The summed E-state index contributed by atoms with van der Waals surface area (Å²) in [5, 5.41) is 14.9. The lowest BCUT2D eigenvalue weighted by atomic mass is 9.94. The van der Waals surface area contributed by atoms with Gasteiger partial charge in [0.25, 0.3) is 5.91 Å². The van der Waals surface area contributed by atoms with Gasteiger partial charge in [-0.05, 0) is 48.9 Å². The highest BCUT2D eigenvalue weighted by molar-refractivity contribution is 5.97. The molecule has 9 nitrogen and oxygen atoms in total. The number of ether oxygens (including phenoxy) is 1. The Kier molecular flexibility index (Phi) is 5.20. The van der Waals surface area contributed by atoms with Crippen molar-refractivity contribution in [1.82, 2.24) is 25.1 Å². The molecule has 0 aliphatic carbocycles. The number of hydrogen-bond acceptors (Lipinski definition) is 7. The molecule has 27 heavy (non-hydrogen) atoms. The second kappa shape index (κ2) is 7.56. The van der Waals surface area contributed by atoms with E-state index >= 15 is 0 Å². The number of rotatable bonds is 5. The van der Waals surface area contributed by atoms with Crippen molar-refractivity contribution in [2.24, 2.45) is 0 Å².